The fraction of sp³-hybridized carbons (Fsp3) is 0.474. The summed E-state index contributed by atoms with van der Waals surface area (Å²) in [7, 11) is 1.27. The maximum absolute atomic E-state index is 12.6. The van der Waals surface area contributed by atoms with E-state index >= 15 is 0 Å². The van der Waals surface area contributed by atoms with E-state index < -0.39 is 5.97 Å². The van der Waals surface area contributed by atoms with Crippen molar-refractivity contribution in [2.45, 2.75) is 39.2 Å². The van der Waals surface area contributed by atoms with Crippen molar-refractivity contribution in [1.29, 1.82) is 0 Å². The van der Waals surface area contributed by atoms with E-state index in [4.69, 9.17) is 27.9 Å². The van der Waals surface area contributed by atoms with E-state index in [1.54, 1.807) is 6.92 Å². The first-order valence-corrected chi connectivity index (χ1v) is 11.0. The van der Waals surface area contributed by atoms with Crippen molar-refractivity contribution in [3.05, 3.63) is 32.0 Å². The first-order chi connectivity index (χ1) is 14.2. The minimum atomic E-state index is -0.569. The Morgan fingerprint density at radius 1 is 1.23 bits per heavy atom. The molecule has 0 saturated carbocycles. The summed E-state index contributed by atoms with van der Waals surface area (Å²) in [5, 5.41) is 4.17. The number of nitrogens with one attached hydrogen (secondary N) is 2. The Labute approximate surface area is 187 Å². The molecule has 162 valence electrons. The molecule has 2 aromatic heterocycles. The molecule has 2 aromatic rings. The smallest absolute Gasteiger partial charge is 0.350 e. The third kappa shape index (κ3) is 4.63. The number of ketones is 1. The highest BCUT2D eigenvalue weighted by molar-refractivity contribution is 7.17. The molecule has 2 N–H and O–H groups in total. The number of rotatable bonds is 5. The zero-order chi connectivity index (χ0) is 22.0. The SMILES string of the molecule is COC(=O)c1sc(N2CCCC(NC(=O)c3[nH]c(C)c(Cl)c3Cl)CC2)nc1C(C)=O. The third-order valence-electron chi connectivity index (χ3n) is 4.93. The predicted octanol–water partition coefficient (Wildman–Crippen LogP) is 3.86. The summed E-state index contributed by atoms with van der Waals surface area (Å²) in [4.78, 5) is 46.0. The molecule has 1 fully saturated rings. The number of aromatic nitrogens is 2. The van der Waals surface area contributed by atoms with Crippen LogP contribution in [0.1, 0.15) is 62.5 Å². The van der Waals surface area contributed by atoms with E-state index in [-0.39, 0.29) is 39.0 Å². The number of hydrogen-bond donors (Lipinski definition) is 2. The minimum absolute atomic E-state index is 0.0479. The van der Waals surface area contributed by atoms with Crippen LogP contribution in [0.15, 0.2) is 0 Å². The van der Waals surface area contributed by atoms with E-state index in [1.807, 2.05) is 4.90 Å². The molecule has 3 rings (SSSR count). The number of aryl methyl sites for hydroxylation is 1. The highest BCUT2D eigenvalue weighted by atomic mass is 35.5. The quantitative estimate of drug-likeness (QED) is 0.505. The second-order valence-electron chi connectivity index (χ2n) is 7.06. The number of ether oxygens (including phenoxy) is 1. The maximum atomic E-state index is 12.6. The molecule has 1 saturated heterocycles. The highest BCUT2D eigenvalue weighted by Gasteiger charge is 2.27. The molecule has 1 amide bonds. The van der Waals surface area contributed by atoms with Gasteiger partial charge in [-0.2, -0.15) is 0 Å². The second-order valence-corrected chi connectivity index (χ2v) is 8.80. The first kappa shape index (κ1) is 22.6. The molecule has 0 spiro atoms. The summed E-state index contributed by atoms with van der Waals surface area (Å²) in [5.41, 5.74) is 1.03. The standard InChI is InChI=1S/C19H22Cl2N4O4S/c1-9-12(20)13(21)15(22-9)17(27)23-11-5-4-7-25(8-6-11)19-24-14(10(2)26)16(30-19)18(28)29-3/h11,22H,4-8H2,1-3H3,(H,23,27). The zero-order valence-electron chi connectivity index (χ0n) is 16.8. The van der Waals surface area contributed by atoms with Crippen LogP contribution in [-0.4, -0.2) is 53.9 Å². The van der Waals surface area contributed by atoms with Crippen molar-refractivity contribution in [3.8, 4) is 0 Å². The van der Waals surface area contributed by atoms with E-state index in [9.17, 15) is 14.4 Å². The fourth-order valence-electron chi connectivity index (χ4n) is 3.33. The Kier molecular flexibility index (Phi) is 7.05. The molecule has 1 aliphatic heterocycles. The third-order valence-corrected chi connectivity index (χ3v) is 6.98. The molecule has 0 bridgehead atoms. The van der Waals surface area contributed by atoms with Crippen LogP contribution in [0, 0.1) is 6.92 Å². The molecular weight excluding hydrogens is 451 g/mol. The molecule has 1 aliphatic rings. The van der Waals surface area contributed by atoms with Gasteiger partial charge in [0.2, 0.25) is 0 Å². The number of thiazole rings is 1. The van der Waals surface area contributed by atoms with Gasteiger partial charge in [-0.1, -0.05) is 34.5 Å². The number of esters is 1. The van der Waals surface area contributed by atoms with Gasteiger partial charge in [0.15, 0.2) is 10.9 Å². The van der Waals surface area contributed by atoms with Gasteiger partial charge in [0.05, 0.1) is 17.2 Å². The molecule has 0 aromatic carbocycles. The topological polar surface area (TPSA) is 104 Å². The molecule has 0 radical (unpaired) electrons. The van der Waals surface area contributed by atoms with Crippen molar-refractivity contribution >= 4 is 57.3 Å². The molecule has 3 heterocycles. The summed E-state index contributed by atoms with van der Waals surface area (Å²) < 4.78 is 4.77. The lowest BCUT2D eigenvalue weighted by Crippen LogP contribution is -2.36. The van der Waals surface area contributed by atoms with Crippen LogP contribution in [-0.2, 0) is 4.74 Å². The molecule has 0 aliphatic carbocycles. The fourth-order valence-corrected chi connectivity index (χ4v) is 4.83. The number of amides is 1. The summed E-state index contributed by atoms with van der Waals surface area (Å²) in [6, 6.07) is -0.0479. The maximum Gasteiger partial charge on any atom is 0.350 e. The van der Waals surface area contributed by atoms with Crippen LogP contribution in [0.3, 0.4) is 0 Å². The van der Waals surface area contributed by atoms with Crippen molar-refractivity contribution in [2.75, 3.05) is 25.1 Å². The summed E-state index contributed by atoms with van der Waals surface area (Å²) in [5.74, 6) is -1.15. The highest BCUT2D eigenvalue weighted by Crippen LogP contribution is 2.31. The van der Waals surface area contributed by atoms with Crippen LogP contribution >= 0.6 is 34.5 Å². The second kappa shape index (κ2) is 9.36. The number of aromatic amines is 1. The number of methoxy groups -OCH3 is 1. The average molecular weight is 473 g/mol. The largest absolute Gasteiger partial charge is 0.465 e. The van der Waals surface area contributed by atoms with Crippen molar-refractivity contribution < 1.29 is 19.1 Å². The number of Topliss-reactive ketones (excluding diaryl/α,β-unsaturated/α-hetero) is 1. The lowest BCUT2D eigenvalue weighted by Gasteiger charge is -2.19. The number of H-pyrrole nitrogens is 1. The van der Waals surface area contributed by atoms with Gasteiger partial charge in [0.25, 0.3) is 5.91 Å². The van der Waals surface area contributed by atoms with Gasteiger partial charge < -0.3 is 19.9 Å². The Balaban J connectivity index is 1.69. The molecule has 8 nitrogen and oxygen atoms in total. The number of carbonyl (C=O) groups excluding carboxylic acids is 3. The monoisotopic (exact) mass is 472 g/mol. The van der Waals surface area contributed by atoms with Gasteiger partial charge in [-0.25, -0.2) is 9.78 Å². The summed E-state index contributed by atoms with van der Waals surface area (Å²) in [6.07, 6.45) is 2.27. The number of nitrogens with zero attached hydrogens (tertiary/aromatic N) is 2. The van der Waals surface area contributed by atoms with Gasteiger partial charge >= 0.3 is 5.97 Å². The Hall–Kier alpha value is -2.10. The molecule has 30 heavy (non-hydrogen) atoms. The average Bonchev–Trinajstić information content (AvgIpc) is 3.17. The van der Waals surface area contributed by atoms with Crippen molar-refractivity contribution in [2.24, 2.45) is 0 Å². The number of anilines is 1. The van der Waals surface area contributed by atoms with E-state index in [1.165, 1.54) is 14.0 Å². The molecule has 11 heteroatoms. The van der Waals surface area contributed by atoms with Crippen molar-refractivity contribution in [3.63, 3.8) is 0 Å². The zero-order valence-corrected chi connectivity index (χ0v) is 19.1. The van der Waals surface area contributed by atoms with Crippen LogP contribution < -0.4 is 10.2 Å². The molecular formula is C19H22Cl2N4O4S. The normalized spacial score (nSPS) is 16.8. The Morgan fingerprint density at radius 3 is 2.57 bits per heavy atom. The van der Waals surface area contributed by atoms with Crippen LogP contribution in [0.5, 0.6) is 0 Å². The van der Waals surface area contributed by atoms with Crippen LogP contribution in [0.4, 0.5) is 5.13 Å². The van der Waals surface area contributed by atoms with Gasteiger partial charge in [-0.05, 0) is 26.2 Å². The number of hydrogen-bond acceptors (Lipinski definition) is 7. The molecule has 1 unspecified atom stereocenters. The van der Waals surface area contributed by atoms with E-state index in [0.717, 1.165) is 24.2 Å². The van der Waals surface area contributed by atoms with Gasteiger partial charge in [0, 0.05) is 31.7 Å². The van der Waals surface area contributed by atoms with Crippen molar-refractivity contribution in [1.82, 2.24) is 15.3 Å². The number of halogens is 2. The lowest BCUT2D eigenvalue weighted by atomic mass is 10.1. The Morgan fingerprint density at radius 2 is 1.97 bits per heavy atom. The molecule has 1 atom stereocenters. The first-order valence-electron chi connectivity index (χ1n) is 9.42. The van der Waals surface area contributed by atoms with Gasteiger partial charge in [0.1, 0.15) is 16.3 Å². The predicted molar refractivity (Wildman–Crippen MR) is 116 cm³/mol. The van der Waals surface area contributed by atoms with Gasteiger partial charge in [-0.3, -0.25) is 9.59 Å². The lowest BCUT2D eigenvalue weighted by molar-refractivity contribution is 0.0602. The van der Waals surface area contributed by atoms with E-state index in [2.05, 4.69) is 15.3 Å². The van der Waals surface area contributed by atoms with Crippen LogP contribution in [0.25, 0.3) is 0 Å². The Bertz CT molecular complexity index is 988. The summed E-state index contributed by atoms with van der Waals surface area (Å²) in [6.45, 7) is 4.44. The van der Waals surface area contributed by atoms with Crippen LogP contribution in [0.2, 0.25) is 10.0 Å². The minimum Gasteiger partial charge on any atom is -0.465 e. The number of carbonyl (C=O) groups is 3. The summed E-state index contributed by atoms with van der Waals surface area (Å²) >= 11 is 13.3. The van der Waals surface area contributed by atoms with E-state index in [0.29, 0.717) is 35.4 Å². The van der Waals surface area contributed by atoms with Gasteiger partial charge in [-0.15, -0.1) is 0 Å².